The molecule has 1 N–H and O–H groups in total. The molecule has 7 heteroatoms. The summed E-state index contributed by atoms with van der Waals surface area (Å²) in [7, 11) is 2.78. The molecule has 0 atom stereocenters. The van der Waals surface area contributed by atoms with Crippen LogP contribution in [0.25, 0.3) is 0 Å². The third-order valence-corrected chi connectivity index (χ3v) is 3.26. The van der Waals surface area contributed by atoms with Crippen molar-refractivity contribution in [3.8, 4) is 11.5 Å². The number of ketones is 1. The lowest BCUT2D eigenvalue weighted by Gasteiger charge is -2.15. The summed E-state index contributed by atoms with van der Waals surface area (Å²) in [4.78, 5) is 24.1. The first-order valence-corrected chi connectivity index (χ1v) is 6.90. The van der Waals surface area contributed by atoms with Gasteiger partial charge < -0.3 is 14.8 Å². The summed E-state index contributed by atoms with van der Waals surface area (Å²) >= 11 is 0. The zero-order valence-electron chi connectivity index (χ0n) is 13.3. The van der Waals surface area contributed by atoms with Gasteiger partial charge in [-0.15, -0.1) is 0 Å². The Balaban J connectivity index is 2.47. The summed E-state index contributed by atoms with van der Waals surface area (Å²) in [5.41, 5.74) is 0.0284. The van der Waals surface area contributed by atoms with Gasteiger partial charge in [-0.3, -0.25) is 9.59 Å². The van der Waals surface area contributed by atoms with E-state index in [1.54, 1.807) is 0 Å². The second kappa shape index (κ2) is 7.08. The molecule has 0 saturated carbocycles. The first-order valence-electron chi connectivity index (χ1n) is 6.90. The molecule has 2 aromatic rings. The fraction of sp³-hybridized carbons (Fsp3) is 0.176. The molecule has 5 nitrogen and oxygen atoms in total. The number of Topliss-reactive ketones (excluding diaryl/α,β-unsaturated/α-hetero) is 1. The maximum Gasteiger partial charge on any atom is 0.255 e. The normalized spacial score (nSPS) is 10.2. The Morgan fingerprint density at radius 3 is 2.08 bits per heavy atom. The number of amides is 1. The third-order valence-electron chi connectivity index (χ3n) is 3.26. The average molecular weight is 335 g/mol. The summed E-state index contributed by atoms with van der Waals surface area (Å²) in [6.07, 6.45) is 0. The number of carbonyl (C=O) groups excluding carboxylic acids is 2. The standard InChI is InChI=1S/C17H15F2NO4/c1-9(21)16-14(7-13(23-2)8-15(16)24-3)20-17(22)10-4-11(18)6-12(19)5-10/h4-8H,1-3H3,(H,20,22). The number of ether oxygens (including phenoxy) is 2. The molecule has 24 heavy (non-hydrogen) atoms. The predicted molar refractivity (Wildman–Crippen MR) is 83.9 cm³/mol. The van der Waals surface area contributed by atoms with E-state index in [2.05, 4.69) is 5.32 Å². The smallest absolute Gasteiger partial charge is 0.255 e. The molecule has 0 unspecified atom stereocenters. The van der Waals surface area contributed by atoms with Crippen LogP contribution >= 0.6 is 0 Å². The maximum absolute atomic E-state index is 13.3. The highest BCUT2D eigenvalue weighted by atomic mass is 19.1. The highest BCUT2D eigenvalue weighted by Crippen LogP contribution is 2.33. The number of nitrogens with one attached hydrogen (secondary N) is 1. The van der Waals surface area contributed by atoms with Crippen LogP contribution < -0.4 is 14.8 Å². The maximum atomic E-state index is 13.3. The van der Waals surface area contributed by atoms with Crippen molar-refractivity contribution in [1.82, 2.24) is 0 Å². The first kappa shape index (κ1) is 17.4. The van der Waals surface area contributed by atoms with Crippen molar-refractivity contribution in [2.24, 2.45) is 0 Å². The van der Waals surface area contributed by atoms with Gasteiger partial charge in [0.1, 0.15) is 23.1 Å². The van der Waals surface area contributed by atoms with Crippen LogP contribution in [-0.2, 0) is 0 Å². The fourth-order valence-electron chi connectivity index (χ4n) is 2.21. The van der Waals surface area contributed by atoms with Crippen LogP contribution in [0, 0.1) is 11.6 Å². The number of anilines is 1. The van der Waals surface area contributed by atoms with Crippen LogP contribution in [0.4, 0.5) is 14.5 Å². The van der Waals surface area contributed by atoms with Gasteiger partial charge in [-0.05, 0) is 19.1 Å². The van der Waals surface area contributed by atoms with E-state index in [1.165, 1.54) is 33.3 Å². The van der Waals surface area contributed by atoms with Gasteiger partial charge in [-0.1, -0.05) is 0 Å². The van der Waals surface area contributed by atoms with Crippen molar-refractivity contribution < 1.29 is 27.8 Å². The van der Waals surface area contributed by atoms with Gasteiger partial charge in [-0.25, -0.2) is 8.78 Å². The SMILES string of the molecule is COc1cc(NC(=O)c2cc(F)cc(F)c2)c(C(C)=O)c(OC)c1. The second-order valence-corrected chi connectivity index (χ2v) is 4.92. The molecule has 0 aliphatic rings. The Labute approximate surface area is 137 Å². The van der Waals surface area contributed by atoms with Crippen LogP contribution in [0.2, 0.25) is 0 Å². The second-order valence-electron chi connectivity index (χ2n) is 4.92. The molecule has 2 aromatic carbocycles. The monoisotopic (exact) mass is 335 g/mol. The molecule has 0 saturated heterocycles. The van der Waals surface area contributed by atoms with Gasteiger partial charge >= 0.3 is 0 Å². The molecule has 1 amide bonds. The summed E-state index contributed by atoms with van der Waals surface area (Å²) < 4.78 is 36.8. The molecule has 2 rings (SSSR count). The van der Waals surface area contributed by atoms with Crippen molar-refractivity contribution >= 4 is 17.4 Å². The van der Waals surface area contributed by atoms with Gasteiger partial charge in [-0.2, -0.15) is 0 Å². The third kappa shape index (κ3) is 3.68. The molecule has 126 valence electrons. The zero-order valence-corrected chi connectivity index (χ0v) is 13.3. The van der Waals surface area contributed by atoms with Crippen LogP contribution in [0.15, 0.2) is 30.3 Å². The Bertz CT molecular complexity index is 785. The number of hydrogen-bond acceptors (Lipinski definition) is 4. The van der Waals surface area contributed by atoms with Crippen molar-refractivity contribution in [2.45, 2.75) is 6.92 Å². The topological polar surface area (TPSA) is 64.6 Å². The van der Waals surface area contributed by atoms with Gasteiger partial charge in [0.25, 0.3) is 5.91 Å². The first-order chi connectivity index (χ1) is 11.3. The van der Waals surface area contributed by atoms with Crippen LogP contribution in [-0.4, -0.2) is 25.9 Å². The summed E-state index contributed by atoms with van der Waals surface area (Å²) in [6, 6.07) is 5.36. The lowest BCUT2D eigenvalue weighted by molar-refractivity contribution is 0.101. The molecule has 0 bridgehead atoms. The number of methoxy groups -OCH3 is 2. The van der Waals surface area contributed by atoms with E-state index >= 15 is 0 Å². The molecule has 0 aliphatic carbocycles. The molecular formula is C17H15F2NO4. The molecule has 0 radical (unpaired) electrons. The zero-order chi connectivity index (χ0) is 17.9. The minimum Gasteiger partial charge on any atom is -0.497 e. The Kier molecular flexibility index (Phi) is 5.13. The van der Waals surface area contributed by atoms with Crippen LogP contribution in [0.3, 0.4) is 0 Å². The van der Waals surface area contributed by atoms with Crippen molar-refractivity contribution in [1.29, 1.82) is 0 Å². The Hall–Kier alpha value is -2.96. The van der Waals surface area contributed by atoms with Crippen molar-refractivity contribution in [3.63, 3.8) is 0 Å². The van der Waals surface area contributed by atoms with E-state index in [4.69, 9.17) is 9.47 Å². The summed E-state index contributed by atoms with van der Waals surface area (Å²) in [6.45, 7) is 1.31. The summed E-state index contributed by atoms with van der Waals surface area (Å²) in [5.74, 6) is -2.33. The quantitative estimate of drug-likeness (QED) is 0.850. The fourth-order valence-corrected chi connectivity index (χ4v) is 2.21. The number of rotatable bonds is 5. The largest absolute Gasteiger partial charge is 0.497 e. The highest BCUT2D eigenvalue weighted by molar-refractivity contribution is 6.10. The van der Waals surface area contributed by atoms with Gasteiger partial charge in [0.05, 0.1) is 25.5 Å². The van der Waals surface area contributed by atoms with E-state index in [0.717, 1.165) is 12.1 Å². The van der Waals surface area contributed by atoms with E-state index in [9.17, 15) is 18.4 Å². The molecule has 0 fully saturated rings. The van der Waals surface area contributed by atoms with Gasteiger partial charge in [0.2, 0.25) is 0 Å². The molecular weight excluding hydrogens is 320 g/mol. The molecule has 0 spiro atoms. The van der Waals surface area contributed by atoms with Crippen LogP contribution in [0.1, 0.15) is 27.6 Å². The molecule has 0 aromatic heterocycles. The highest BCUT2D eigenvalue weighted by Gasteiger charge is 2.19. The van der Waals surface area contributed by atoms with Gasteiger partial charge in [0, 0.05) is 23.8 Å². The molecule has 0 heterocycles. The van der Waals surface area contributed by atoms with E-state index in [1.807, 2.05) is 0 Å². The van der Waals surface area contributed by atoms with E-state index in [0.29, 0.717) is 11.8 Å². The van der Waals surface area contributed by atoms with E-state index < -0.39 is 17.5 Å². The minimum atomic E-state index is -0.879. The number of hydrogen-bond donors (Lipinski definition) is 1. The predicted octanol–water partition coefficient (Wildman–Crippen LogP) is 3.44. The van der Waals surface area contributed by atoms with Crippen molar-refractivity contribution in [2.75, 3.05) is 19.5 Å². The van der Waals surface area contributed by atoms with Crippen molar-refractivity contribution in [3.05, 3.63) is 53.1 Å². The lowest BCUT2D eigenvalue weighted by atomic mass is 10.1. The Morgan fingerprint density at radius 1 is 0.958 bits per heavy atom. The van der Waals surface area contributed by atoms with Gasteiger partial charge in [0.15, 0.2) is 5.78 Å². The Morgan fingerprint density at radius 2 is 1.58 bits per heavy atom. The minimum absolute atomic E-state index is 0.119. The number of halogens is 2. The number of carbonyl (C=O) groups is 2. The summed E-state index contributed by atoms with van der Waals surface area (Å²) in [5, 5.41) is 2.46. The number of benzene rings is 2. The van der Waals surface area contributed by atoms with E-state index in [-0.39, 0.29) is 28.3 Å². The molecule has 0 aliphatic heterocycles. The average Bonchev–Trinajstić information content (AvgIpc) is 2.52. The van der Waals surface area contributed by atoms with Crippen LogP contribution in [0.5, 0.6) is 11.5 Å². The lowest BCUT2D eigenvalue weighted by Crippen LogP contribution is -2.15.